The highest BCUT2D eigenvalue weighted by Gasteiger charge is 2.41. The molecule has 0 radical (unpaired) electrons. The van der Waals surface area contributed by atoms with Gasteiger partial charge in [-0.3, -0.25) is 0 Å². The maximum atomic E-state index is 12.6. The largest absolute Gasteiger partial charge is 0.385 e. The lowest BCUT2D eigenvalue weighted by molar-refractivity contribution is 0.163. The fourth-order valence-electron chi connectivity index (χ4n) is 1.15. The van der Waals surface area contributed by atoms with Gasteiger partial charge in [0.25, 0.3) is 0 Å². The molecule has 0 unspecified atom stereocenters. The third-order valence-corrected chi connectivity index (χ3v) is 5.12. The number of benzene rings is 1. The number of hydrogen-bond donors (Lipinski definition) is 1. The summed E-state index contributed by atoms with van der Waals surface area (Å²) in [6, 6.07) is 4.86. The number of alkyl halides is 1. The molecule has 2 atom stereocenters. The molecule has 0 amide bonds. The third-order valence-electron chi connectivity index (χ3n) is 2.40. The monoisotopic (exact) mass is 266 g/mol. The Balaban J connectivity index is 3.12. The fourth-order valence-corrected chi connectivity index (χ4v) is 1.81. The second-order valence-corrected chi connectivity index (χ2v) is 7.11. The number of hydrogen-bond acceptors (Lipinski definition) is 3. The summed E-state index contributed by atoms with van der Waals surface area (Å²) in [5.41, 5.74) is 0.254. The van der Waals surface area contributed by atoms with E-state index in [0.29, 0.717) is 0 Å². The van der Waals surface area contributed by atoms with Crippen molar-refractivity contribution >= 4 is 21.4 Å². The molecule has 3 nitrogen and oxygen atoms in total. The second kappa shape index (κ2) is 4.31. The molecule has 0 fully saturated rings. The Kier molecular flexibility index (Phi) is 3.62. The predicted octanol–water partition coefficient (Wildman–Crippen LogP) is 1.86. The van der Waals surface area contributed by atoms with Gasteiger partial charge >= 0.3 is 0 Å². The van der Waals surface area contributed by atoms with E-state index in [4.69, 9.17) is 11.6 Å². The molecule has 0 aliphatic rings. The Hall–Kier alpha value is -0.650. The lowest BCUT2D eigenvalue weighted by Gasteiger charge is -2.26. The molecule has 1 aromatic rings. The summed E-state index contributed by atoms with van der Waals surface area (Å²) in [5.74, 6) is -0.466. The van der Waals surface area contributed by atoms with Crippen molar-refractivity contribution in [2.45, 2.75) is 17.2 Å². The zero-order valence-electron chi connectivity index (χ0n) is 8.81. The van der Waals surface area contributed by atoms with Gasteiger partial charge in [-0.05, 0) is 24.6 Å². The molecule has 0 saturated heterocycles. The van der Waals surface area contributed by atoms with Crippen molar-refractivity contribution in [2.75, 3.05) is 6.26 Å². The van der Waals surface area contributed by atoms with Gasteiger partial charge in [0, 0.05) is 6.26 Å². The van der Waals surface area contributed by atoms with Crippen molar-refractivity contribution in [2.24, 2.45) is 0 Å². The van der Waals surface area contributed by atoms with Gasteiger partial charge in [0.05, 0.1) is 0 Å². The first-order chi connectivity index (χ1) is 7.16. The van der Waals surface area contributed by atoms with Crippen molar-refractivity contribution in [3.8, 4) is 0 Å². The van der Waals surface area contributed by atoms with E-state index in [-0.39, 0.29) is 5.56 Å². The average molecular weight is 267 g/mol. The first-order valence-corrected chi connectivity index (χ1v) is 6.75. The van der Waals surface area contributed by atoms with Crippen molar-refractivity contribution in [1.29, 1.82) is 0 Å². The van der Waals surface area contributed by atoms with Gasteiger partial charge in [0.2, 0.25) is 0 Å². The standard InChI is InChI=1S/C10H12ClFO3S/c1-10(11,16(2,14)15)9(13)7-3-5-8(12)6-4-7/h3-6,9,13H,1-2H3/t9-,10+/m1/s1. The Bertz CT molecular complexity index is 467. The van der Waals surface area contributed by atoms with Gasteiger partial charge in [-0.15, -0.1) is 0 Å². The first-order valence-electron chi connectivity index (χ1n) is 4.48. The van der Waals surface area contributed by atoms with Crippen LogP contribution in [0.5, 0.6) is 0 Å². The Morgan fingerprint density at radius 2 is 1.81 bits per heavy atom. The molecule has 1 aromatic carbocycles. The van der Waals surface area contributed by atoms with Crippen LogP contribution in [0.2, 0.25) is 0 Å². The van der Waals surface area contributed by atoms with Gasteiger partial charge in [0.15, 0.2) is 14.0 Å². The van der Waals surface area contributed by atoms with Crippen LogP contribution in [0, 0.1) is 5.82 Å². The van der Waals surface area contributed by atoms with E-state index in [2.05, 4.69) is 0 Å². The van der Waals surface area contributed by atoms with Crippen molar-refractivity contribution in [3.63, 3.8) is 0 Å². The lowest BCUT2D eigenvalue weighted by Crippen LogP contribution is -2.35. The molecular formula is C10H12ClFO3S. The second-order valence-electron chi connectivity index (χ2n) is 3.71. The summed E-state index contributed by atoms with van der Waals surface area (Å²) in [4.78, 5) is 0. The van der Waals surface area contributed by atoms with E-state index in [1.807, 2.05) is 0 Å². The van der Waals surface area contributed by atoms with Crippen LogP contribution < -0.4 is 0 Å². The van der Waals surface area contributed by atoms with Crippen LogP contribution >= 0.6 is 11.6 Å². The minimum absolute atomic E-state index is 0.254. The van der Waals surface area contributed by atoms with Gasteiger partial charge in [-0.2, -0.15) is 0 Å². The highest BCUT2D eigenvalue weighted by Crippen LogP contribution is 2.36. The van der Waals surface area contributed by atoms with E-state index in [0.717, 1.165) is 18.4 Å². The normalized spacial score (nSPS) is 17.8. The Morgan fingerprint density at radius 1 is 1.38 bits per heavy atom. The Labute approximate surface area is 98.8 Å². The molecule has 0 saturated carbocycles. The number of rotatable bonds is 3. The zero-order chi connectivity index (χ0) is 12.6. The smallest absolute Gasteiger partial charge is 0.172 e. The highest BCUT2D eigenvalue weighted by atomic mass is 35.5. The van der Waals surface area contributed by atoms with Crippen LogP contribution in [0.4, 0.5) is 4.39 Å². The zero-order valence-corrected chi connectivity index (χ0v) is 10.4. The van der Waals surface area contributed by atoms with Crippen LogP contribution in [0.15, 0.2) is 24.3 Å². The van der Waals surface area contributed by atoms with Crippen molar-refractivity contribution in [3.05, 3.63) is 35.6 Å². The summed E-state index contributed by atoms with van der Waals surface area (Å²) in [6.45, 7) is 1.21. The molecule has 0 spiro atoms. The molecule has 1 N–H and O–H groups in total. The van der Waals surface area contributed by atoms with Crippen LogP contribution in [-0.2, 0) is 9.84 Å². The maximum Gasteiger partial charge on any atom is 0.172 e. The third kappa shape index (κ3) is 2.53. The van der Waals surface area contributed by atoms with Crippen LogP contribution in [0.3, 0.4) is 0 Å². The molecular weight excluding hydrogens is 255 g/mol. The summed E-state index contributed by atoms with van der Waals surface area (Å²) >= 11 is 5.81. The van der Waals surface area contributed by atoms with E-state index >= 15 is 0 Å². The molecule has 6 heteroatoms. The number of sulfone groups is 1. The first kappa shape index (κ1) is 13.4. The van der Waals surface area contributed by atoms with Gasteiger partial charge < -0.3 is 5.11 Å². The highest BCUT2D eigenvalue weighted by molar-refractivity contribution is 7.93. The van der Waals surface area contributed by atoms with Gasteiger partial charge in [-0.1, -0.05) is 23.7 Å². The molecule has 0 aromatic heterocycles. The minimum Gasteiger partial charge on any atom is -0.385 e. The summed E-state index contributed by atoms with van der Waals surface area (Å²) in [5, 5.41) is 9.84. The molecule has 0 aliphatic heterocycles. The number of halogens is 2. The molecule has 16 heavy (non-hydrogen) atoms. The summed E-state index contributed by atoms with van der Waals surface area (Å²) < 4.78 is 33.6. The van der Waals surface area contributed by atoms with Crippen molar-refractivity contribution < 1.29 is 17.9 Å². The Morgan fingerprint density at radius 3 is 2.19 bits per heavy atom. The number of aliphatic hydroxyl groups is 1. The van der Waals surface area contributed by atoms with E-state index in [1.54, 1.807) is 0 Å². The van der Waals surface area contributed by atoms with Crippen molar-refractivity contribution in [1.82, 2.24) is 0 Å². The molecule has 0 aliphatic carbocycles. The minimum atomic E-state index is -3.64. The molecule has 1 rings (SSSR count). The van der Waals surface area contributed by atoms with E-state index < -0.39 is 26.0 Å². The van der Waals surface area contributed by atoms with Gasteiger partial charge in [-0.25, -0.2) is 12.8 Å². The lowest BCUT2D eigenvalue weighted by atomic mass is 10.1. The quantitative estimate of drug-likeness (QED) is 0.850. The molecule has 0 heterocycles. The number of aliphatic hydroxyl groups excluding tert-OH is 1. The van der Waals surface area contributed by atoms with E-state index in [1.165, 1.54) is 19.1 Å². The summed E-state index contributed by atoms with van der Waals surface area (Å²) in [7, 11) is -3.64. The molecule has 90 valence electrons. The maximum absolute atomic E-state index is 12.6. The topological polar surface area (TPSA) is 54.4 Å². The van der Waals surface area contributed by atoms with Gasteiger partial charge in [0.1, 0.15) is 11.9 Å². The predicted molar refractivity (Wildman–Crippen MR) is 60.5 cm³/mol. The SMILES string of the molecule is C[C@@](Cl)([C@H](O)c1ccc(F)cc1)S(C)(=O)=O. The molecule has 0 bridgehead atoms. The van der Waals surface area contributed by atoms with Crippen LogP contribution in [0.25, 0.3) is 0 Å². The van der Waals surface area contributed by atoms with E-state index in [9.17, 15) is 17.9 Å². The summed E-state index contributed by atoms with van der Waals surface area (Å²) in [6.07, 6.45) is -0.475. The average Bonchev–Trinajstić information content (AvgIpc) is 2.16. The van der Waals surface area contributed by atoms with Crippen LogP contribution in [-0.4, -0.2) is 24.0 Å². The van der Waals surface area contributed by atoms with Crippen LogP contribution in [0.1, 0.15) is 18.6 Å². The fraction of sp³-hybridized carbons (Fsp3) is 0.400.